The summed E-state index contributed by atoms with van der Waals surface area (Å²) in [7, 11) is 2.11. The van der Waals surface area contributed by atoms with Crippen LogP contribution in [-0.4, -0.2) is 44.0 Å². The minimum absolute atomic E-state index is 0.122. The summed E-state index contributed by atoms with van der Waals surface area (Å²) in [6.07, 6.45) is -0.292. The average molecular weight is 284 g/mol. The zero-order valence-electron chi connectivity index (χ0n) is 10.8. The van der Waals surface area contributed by atoms with Gasteiger partial charge in [-0.1, -0.05) is 10.2 Å². The Kier molecular flexibility index (Phi) is 7.92. The Bertz CT molecular complexity index is 479. The van der Waals surface area contributed by atoms with Crippen LogP contribution < -0.4 is 0 Å². The first-order valence-corrected chi connectivity index (χ1v) is 5.30. The second kappa shape index (κ2) is 9.20. The molecule has 0 spiro atoms. The minimum Gasteiger partial charge on any atom is -0.469 e. The normalized spacial score (nSPS) is 12.1. The van der Waals surface area contributed by atoms with Crippen molar-refractivity contribution < 1.29 is 23.9 Å². The standard InChI is InChI=1S/C9H12N6O5/c1-19-8(17)6(13-15-11)4-3-5(12-14-10)7(16)9(18)20-2/h5-6H,3-4H2,1-2H3. The number of esters is 2. The number of rotatable bonds is 8. The Morgan fingerprint density at radius 1 is 1.00 bits per heavy atom. The van der Waals surface area contributed by atoms with Gasteiger partial charge in [0.2, 0.25) is 5.78 Å². The molecule has 0 aromatic rings. The summed E-state index contributed by atoms with van der Waals surface area (Å²) >= 11 is 0. The molecular formula is C9H12N6O5. The number of Topliss-reactive ketones (excluding diaryl/α,β-unsaturated/α-hetero) is 1. The number of methoxy groups -OCH3 is 2. The van der Waals surface area contributed by atoms with E-state index in [9.17, 15) is 14.4 Å². The lowest BCUT2D eigenvalue weighted by atomic mass is 10.0. The lowest BCUT2D eigenvalue weighted by Gasteiger charge is -2.11. The molecule has 0 aliphatic rings. The summed E-state index contributed by atoms with van der Waals surface area (Å²) in [6.45, 7) is 0. The fourth-order valence-electron chi connectivity index (χ4n) is 1.28. The van der Waals surface area contributed by atoms with Crippen LogP contribution in [0.25, 0.3) is 20.9 Å². The molecule has 11 nitrogen and oxygen atoms in total. The molecular weight excluding hydrogens is 272 g/mol. The molecule has 0 rings (SSSR count). The van der Waals surface area contributed by atoms with Gasteiger partial charge in [-0.25, -0.2) is 4.79 Å². The summed E-state index contributed by atoms with van der Waals surface area (Å²) in [5.74, 6) is -3.01. The third-order valence-electron chi connectivity index (χ3n) is 2.26. The summed E-state index contributed by atoms with van der Waals surface area (Å²) in [5, 5.41) is 6.35. The first-order valence-electron chi connectivity index (χ1n) is 5.30. The van der Waals surface area contributed by atoms with Crippen LogP contribution >= 0.6 is 0 Å². The Morgan fingerprint density at radius 3 is 1.95 bits per heavy atom. The number of azide groups is 2. The van der Waals surface area contributed by atoms with Crippen LogP contribution in [-0.2, 0) is 23.9 Å². The van der Waals surface area contributed by atoms with Crippen molar-refractivity contribution in [2.45, 2.75) is 24.9 Å². The fourth-order valence-corrected chi connectivity index (χ4v) is 1.28. The van der Waals surface area contributed by atoms with Crippen LogP contribution in [0.15, 0.2) is 10.2 Å². The summed E-state index contributed by atoms with van der Waals surface area (Å²) in [6, 6.07) is -2.51. The highest BCUT2D eigenvalue weighted by molar-refractivity contribution is 6.35. The average Bonchev–Trinajstić information content (AvgIpc) is 2.47. The lowest BCUT2D eigenvalue weighted by molar-refractivity contribution is -0.152. The van der Waals surface area contributed by atoms with Crippen LogP contribution in [0.1, 0.15) is 12.8 Å². The van der Waals surface area contributed by atoms with Gasteiger partial charge >= 0.3 is 11.9 Å². The first-order chi connectivity index (χ1) is 9.51. The van der Waals surface area contributed by atoms with Gasteiger partial charge in [-0.2, -0.15) is 0 Å². The number of nitrogens with zero attached hydrogens (tertiary/aromatic N) is 6. The molecule has 0 aromatic carbocycles. The minimum atomic E-state index is -1.34. The Morgan fingerprint density at radius 2 is 1.50 bits per heavy atom. The van der Waals surface area contributed by atoms with Crippen LogP contribution in [0.4, 0.5) is 0 Å². The predicted octanol–water partition coefficient (Wildman–Crippen LogP) is 1.04. The van der Waals surface area contributed by atoms with Gasteiger partial charge in [0.05, 0.1) is 14.2 Å². The van der Waals surface area contributed by atoms with Gasteiger partial charge in [0.1, 0.15) is 12.1 Å². The summed E-state index contributed by atoms with van der Waals surface area (Å²) in [4.78, 5) is 38.7. The molecule has 0 saturated carbocycles. The van der Waals surface area contributed by atoms with Crippen molar-refractivity contribution in [1.82, 2.24) is 0 Å². The molecule has 0 aliphatic carbocycles. The highest BCUT2D eigenvalue weighted by Gasteiger charge is 2.27. The van der Waals surface area contributed by atoms with Gasteiger partial charge < -0.3 is 9.47 Å². The van der Waals surface area contributed by atoms with E-state index in [1.807, 2.05) is 0 Å². The predicted molar refractivity (Wildman–Crippen MR) is 64.1 cm³/mol. The number of hydrogen-bond donors (Lipinski definition) is 0. The van der Waals surface area contributed by atoms with E-state index in [4.69, 9.17) is 11.1 Å². The van der Waals surface area contributed by atoms with Gasteiger partial charge in [0.15, 0.2) is 0 Å². The van der Waals surface area contributed by atoms with E-state index in [2.05, 4.69) is 29.5 Å². The number of carbonyl (C=O) groups excluding carboxylic acids is 3. The second-order valence-corrected chi connectivity index (χ2v) is 3.40. The SMILES string of the molecule is COC(=O)C(=O)C(CCC(N=[N+]=[N-])C(=O)OC)N=[N+]=[N-]. The van der Waals surface area contributed by atoms with Crippen LogP contribution in [0.2, 0.25) is 0 Å². The molecule has 20 heavy (non-hydrogen) atoms. The van der Waals surface area contributed by atoms with E-state index in [-0.39, 0.29) is 12.8 Å². The van der Waals surface area contributed by atoms with Gasteiger partial charge in [-0.3, -0.25) is 9.59 Å². The van der Waals surface area contributed by atoms with Gasteiger partial charge in [0.25, 0.3) is 0 Å². The van der Waals surface area contributed by atoms with E-state index in [1.165, 1.54) is 0 Å². The molecule has 0 saturated heterocycles. The van der Waals surface area contributed by atoms with Crippen molar-refractivity contribution in [3.8, 4) is 0 Å². The van der Waals surface area contributed by atoms with Crippen molar-refractivity contribution in [1.29, 1.82) is 0 Å². The molecule has 0 fully saturated rings. The monoisotopic (exact) mass is 284 g/mol. The molecule has 11 heteroatoms. The molecule has 0 aliphatic heterocycles. The maximum absolute atomic E-state index is 11.5. The van der Waals surface area contributed by atoms with Crippen LogP contribution in [0, 0.1) is 0 Å². The molecule has 0 amide bonds. The zero-order valence-corrected chi connectivity index (χ0v) is 10.8. The Hall–Kier alpha value is -2.77. The Labute approximate surface area is 113 Å². The number of hydrogen-bond acceptors (Lipinski definition) is 7. The van der Waals surface area contributed by atoms with Gasteiger partial charge in [-0.15, -0.1) is 0 Å². The van der Waals surface area contributed by atoms with E-state index < -0.39 is 29.8 Å². The number of carbonyl (C=O) groups is 3. The van der Waals surface area contributed by atoms with Crippen LogP contribution in [0.3, 0.4) is 0 Å². The van der Waals surface area contributed by atoms with Crippen molar-refractivity contribution in [2.24, 2.45) is 10.2 Å². The topological polar surface area (TPSA) is 167 Å². The summed E-state index contributed by atoms with van der Waals surface area (Å²) in [5.41, 5.74) is 16.7. The molecule has 0 radical (unpaired) electrons. The molecule has 0 aromatic heterocycles. The van der Waals surface area contributed by atoms with Crippen molar-refractivity contribution in [3.05, 3.63) is 20.9 Å². The summed E-state index contributed by atoms with van der Waals surface area (Å²) < 4.78 is 8.62. The maximum atomic E-state index is 11.5. The van der Waals surface area contributed by atoms with E-state index >= 15 is 0 Å². The molecule has 2 atom stereocenters. The Balaban J connectivity index is 4.88. The lowest BCUT2D eigenvalue weighted by Crippen LogP contribution is -2.30. The largest absolute Gasteiger partial charge is 0.469 e. The fraction of sp³-hybridized carbons (Fsp3) is 0.667. The first kappa shape index (κ1) is 17.2. The van der Waals surface area contributed by atoms with Crippen molar-refractivity contribution >= 4 is 17.7 Å². The molecule has 2 unspecified atom stereocenters. The van der Waals surface area contributed by atoms with Crippen molar-refractivity contribution in [3.63, 3.8) is 0 Å². The maximum Gasteiger partial charge on any atom is 0.374 e. The smallest absolute Gasteiger partial charge is 0.374 e. The van der Waals surface area contributed by atoms with E-state index in [0.717, 1.165) is 14.2 Å². The third-order valence-corrected chi connectivity index (χ3v) is 2.26. The highest BCUT2D eigenvalue weighted by Crippen LogP contribution is 2.11. The number of ether oxygens (including phenoxy) is 2. The highest BCUT2D eigenvalue weighted by atomic mass is 16.5. The molecule has 0 N–H and O–H groups in total. The molecule has 108 valence electrons. The zero-order chi connectivity index (χ0) is 15.5. The quantitative estimate of drug-likeness (QED) is 0.213. The second-order valence-electron chi connectivity index (χ2n) is 3.40. The van der Waals surface area contributed by atoms with Gasteiger partial charge in [-0.05, 0) is 23.9 Å². The number of ketones is 1. The molecule has 0 heterocycles. The van der Waals surface area contributed by atoms with Gasteiger partial charge in [0, 0.05) is 9.82 Å². The van der Waals surface area contributed by atoms with E-state index in [0.29, 0.717) is 0 Å². The molecule has 0 bridgehead atoms. The third kappa shape index (κ3) is 5.25. The van der Waals surface area contributed by atoms with Crippen molar-refractivity contribution in [2.75, 3.05) is 14.2 Å². The van der Waals surface area contributed by atoms with Crippen LogP contribution in [0.5, 0.6) is 0 Å². The van der Waals surface area contributed by atoms with E-state index in [1.54, 1.807) is 0 Å².